The molecule has 0 spiro atoms. The first-order valence-electron chi connectivity index (χ1n) is 9.49. The summed E-state index contributed by atoms with van der Waals surface area (Å²) >= 11 is 0. The maximum Gasteiger partial charge on any atom is 0.315 e. The van der Waals surface area contributed by atoms with Gasteiger partial charge in [-0.3, -0.25) is 0 Å². The first-order chi connectivity index (χ1) is 12.5. The summed E-state index contributed by atoms with van der Waals surface area (Å²) in [5.74, 6) is 2.29. The number of likely N-dealkylation sites (tertiary alicyclic amines) is 1. The molecule has 0 unspecified atom stereocenters. The van der Waals surface area contributed by atoms with E-state index in [1.54, 1.807) is 14.2 Å². The van der Waals surface area contributed by atoms with Crippen LogP contribution in [0, 0.1) is 5.92 Å². The van der Waals surface area contributed by atoms with Gasteiger partial charge in [0.2, 0.25) is 0 Å². The quantitative estimate of drug-likeness (QED) is 0.745. The number of methoxy groups -OCH3 is 2. The predicted octanol–water partition coefficient (Wildman–Crippen LogP) is 2.67. The summed E-state index contributed by atoms with van der Waals surface area (Å²) in [6, 6.07) is 5.88. The van der Waals surface area contributed by atoms with E-state index in [9.17, 15) is 4.79 Å². The fraction of sp³-hybridized carbons (Fsp3) is 0.650. The Morgan fingerprint density at radius 2 is 1.96 bits per heavy atom. The number of hydrogen-bond acceptors (Lipinski definition) is 4. The van der Waals surface area contributed by atoms with Gasteiger partial charge in [-0.2, -0.15) is 0 Å². The molecular weight excluding hydrogens is 330 g/mol. The van der Waals surface area contributed by atoms with Gasteiger partial charge in [-0.1, -0.05) is 13.8 Å². The Kier molecular flexibility index (Phi) is 8.04. The van der Waals surface area contributed by atoms with Crippen LogP contribution >= 0.6 is 0 Å². The molecule has 1 aromatic carbocycles. The van der Waals surface area contributed by atoms with Crippen LogP contribution in [0.4, 0.5) is 4.79 Å². The van der Waals surface area contributed by atoms with Crippen molar-refractivity contribution in [1.82, 2.24) is 15.5 Å². The molecule has 0 radical (unpaired) electrons. The SMILES string of the molecule is COc1ccc(OC)c(CCNC(=O)NC2CCN(CC(C)C)CC2)c1. The second-order valence-corrected chi connectivity index (χ2v) is 7.30. The zero-order valence-corrected chi connectivity index (χ0v) is 16.5. The third-order valence-corrected chi connectivity index (χ3v) is 4.71. The summed E-state index contributed by atoms with van der Waals surface area (Å²) in [7, 11) is 3.29. The van der Waals surface area contributed by atoms with Crippen LogP contribution in [0.5, 0.6) is 11.5 Å². The number of rotatable bonds is 8. The van der Waals surface area contributed by atoms with Crippen LogP contribution in [0.1, 0.15) is 32.3 Å². The first kappa shape index (κ1) is 20.4. The van der Waals surface area contributed by atoms with Crippen molar-refractivity contribution in [2.45, 2.75) is 39.2 Å². The standard InChI is InChI=1S/C20H33N3O3/c1-15(2)14-23-11-8-17(9-12-23)22-20(24)21-10-7-16-13-18(25-3)5-6-19(16)26-4/h5-6,13,15,17H,7-12,14H2,1-4H3,(H2,21,22,24). The number of benzene rings is 1. The van der Waals surface area contributed by atoms with E-state index in [0.29, 0.717) is 18.9 Å². The van der Waals surface area contributed by atoms with E-state index in [2.05, 4.69) is 29.4 Å². The third-order valence-electron chi connectivity index (χ3n) is 4.71. The van der Waals surface area contributed by atoms with E-state index in [0.717, 1.165) is 49.5 Å². The second kappa shape index (κ2) is 10.3. The molecule has 0 aromatic heterocycles. The number of carbonyl (C=O) groups excluding carboxylic acids is 1. The third kappa shape index (κ3) is 6.41. The summed E-state index contributed by atoms with van der Waals surface area (Å²) < 4.78 is 10.6. The number of amides is 2. The van der Waals surface area contributed by atoms with Crippen molar-refractivity contribution in [1.29, 1.82) is 0 Å². The normalized spacial score (nSPS) is 15.7. The van der Waals surface area contributed by atoms with Crippen LogP contribution in [-0.2, 0) is 6.42 Å². The molecule has 1 heterocycles. The number of urea groups is 1. The molecule has 0 atom stereocenters. The van der Waals surface area contributed by atoms with Gasteiger partial charge in [0.15, 0.2) is 0 Å². The van der Waals surface area contributed by atoms with E-state index in [1.807, 2.05) is 18.2 Å². The van der Waals surface area contributed by atoms with Crippen LogP contribution in [0.15, 0.2) is 18.2 Å². The molecule has 0 saturated carbocycles. The maximum absolute atomic E-state index is 12.1. The number of hydrogen-bond donors (Lipinski definition) is 2. The van der Waals surface area contributed by atoms with Crippen molar-refractivity contribution in [2.75, 3.05) is 40.4 Å². The number of nitrogens with one attached hydrogen (secondary N) is 2. The largest absolute Gasteiger partial charge is 0.497 e. The molecule has 2 amide bonds. The first-order valence-corrected chi connectivity index (χ1v) is 9.49. The van der Waals surface area contributed by atoms with Crippen molar-refractivity contribution in [2.24, 2.45) is 5.92 Å². The monoisotopic (exact) mass is 363 g/mol. The van der Waals surface area contributed by atoms with E-state index in [-0.39, 0.29) is 12.1 Å². The van der Waals surface area contributed by atoms with Crippen molar-refractivity contribution in [3.63, 3.8) is 0 Å². The van der Waals surface area contributed by atoms with Crippen LogP contribution in [0.3, 0.4) is 0 Å². The molecule has 1 aliphatic rings. The fourth-order valence-electron chi connectivity index (χ4n) is 3.40. The van der Waals surface area contributed by atoms with Gasteiger partial charge in [0.05, 0.1) is 14.2 Å². The molecule has 1 aliphatic heterocycles. The molecule has 1 saturated heterocycles. The van der Waals surface area contributed by atoms with Crippen LogP contribution in [0.25, 0.3) is 0 Å². The summed E-state index contributed by atoms with van der Waals surface area (Å²) in [5, 5.41) is 6.05. The summed E-state index contributed by atoms with van der Waals surface area (Å²) in [4.78, 5) is 14.6. The lowest BCUT2D eigenvalue weighted by Crippen LogP contribution is -2.48. The van der Waals surface area contributed by atoms with Gasteiger partial charge in [-0.05, 0) is 48.9 Å². The van der Waals surface area contributed by atoms with Gasteiger partial charge < -0.3 is 25.0 Å². The number of ether oxygens (including phenoxy) is 2. The van der Waals surface area contributed by atoms with Crippen molar-refractivity contribution in [3.8, 4) is 11.5 Å². The van der Waals surface area contributed by atoms with E-state index < -0.39 is 0 Å². The lowest BCUT2D eigenvalue weighted by Gasteiger charge is -2.33. The van der Waals surface area contributed by atoms with Crippen LogP contribution in [0.2, 0.25) is 0 Å². The highest BCUT2D eigenvalue weighted by Gasteiger charge is 2.20. The second-order valence-electron chi connectivity index (χ2n) is 7.30. The zero-order chi connectivity index (χ0) is 18.9. The van der Waals surface area contributed by atoms with Gasteiger partial charge in [-0.15, -0.1) is 0 Å². The molecular formula is C20H33N3O3. The van der Waals surface area contributed by atoms with Gasteiger partial charge in [0.1, 0.15) is 11.5 Å². The number of piperidine rings is 1. The Balaban J connectivity index is 1.71. The average Bonchev–Trinajstić information content (AvgIpc) is 2.62. The van der Waals surface area contributed by atoms with Crippen LogP contribution in [-0.4, -0.2) is 57.4 Å². The van der Waals surface area contributed by atoms with Gasteiger partial charge >= 0.3 is 6.03 Å². The zero-order valence-electron chi connectivity index (χ0n) is 16.5. The minimum atomic E-state index is -0.0887. The lowest BCUT2D eigenvalue weighted by molar-refractivity contribution is 0.178. The number of carbonyl (C=O) groups is 1. The maximum atomic E-state index is 12.1. The van der Waals surface area contributed by atoms with Crippen molar-refractivity contribution in [3.05, 3.63) is 23.8 Å². The lowest BCUT2D eigenvalue weighted by atomic mass is 10.0. The van der Waals surface area contributed by atoms with E-state index in [1.165, 1.54) is 0 Å². The Morgan fingerprint density at radius 3 is 2.58 bits per heavy atom. The molecule has 2 rings (SSSR count). The predicted molar refractivity (Wildman–Crippen MR) is 104 cm³/mol. The minimum Gasteiger partial charge on any atom is -0.497 e. The molecule has 146 valence electrons. The molecule has 2 N–H and O–H groups in total. The molecule has 26 heavy (non-hydrogen) atoms. The molecule has 0 bridgehead atoms. The van der Waals surface area contributed by atoms with Gasteiger partial charge in [0.25, 0.3) is 0 Å². The molecule has 6 nitrogen and oxygen atoms in total. The van der Waals surface area contributed by atoms with Crippen molar-refractivity contribution >= 4 is 6.03 Å². The Hall–Kier alpha value is -1.95. The highest BCUT2D eigenvalue weighted by atomic mass is 16.5. The summed E-state index contributed by atoms with van der Waals surface area (Å²) in [5.41, 5.74) is 1.02. The molecule has 1 fully saturated rings. The summed E-state index contributed by atoms with van der Waals surface area (Å²) in [6.07, 6.45) is 2.73. The molecule has 1 aromatic rings. The average molecular weight is 364 g/mol. The Bertz CT molecular complexity index is 569. The Labute approximate surface area is 157 Å². The molecule has 6 heteroatoms. The Morgan fingerprint density at radius 1 is 1.23 bits per heavy atom. The summed E-state index contributed by atoms with van der Waals surface area (Å²) in [6.45, 7) is 8.31. The van der Waals surface area contributed by atoms with Crippen molar-refractivity contribution < 1.29 is 14.3 Å². The number of nitrogens with zero attached hydrogens (tertiary/aromatic N) is 1. The van der Waals surface area contributed by atoms with Crippen LogP contribution < -0.4 is 20.1 Å². The van der Waals surface area contributed by atoms with Gasteiger partial charge in [0, 0.05) is 32.2 Å². The topological polar surface area (TPSA) is 62.8 Å². The highest BCUT2D eigenvalue weighted by molar-refractivity contribution is 5.74. The fourth-order valence-corrected chi connectivity index (χ4v) is 3.40. The molecule has 0 aliphatic carbocycles. The highest BCUT2D eigenvalue weighted by Crippen LogP contribution is 2.24. The van der Waals surface area contributed by atoms with E-state index >= 15 is 0 Å². The minimum absolute atomic E-state index is 0.0887. The smallest absolute Gasteiger partial charge is 0.315 e. The van der Waals surface area contributed by atoms with E-state index in [4.69, 9.17) is 9.47 Å². The van der Waals surface area contributed by atoms with Gasteiger partial charge in [-0.25, -0.2) is 4.79 Å².